The molecule has 1 amide bonds. The summed E-state index contributed by atoms with van der Waals surface area (Å²) >= 11 is 2.23. The van der Waals surface area contributed by atoms with Gasteiger partial charge >= 0.3 is 0 Å². The van der Waals surface area contributed by atoms with E-state index in [1.165, 1.54) is 5.56 Å². The predicted octanol–water partition coefficient (Wildman–Crippen LogP) is 3.40. The van der Waals surface area contributed by atoms with Crippen LogP contribution in [0.25, 0.3) is 0 Å². The van der Waals surface area contributed by atoms with Gasteiger partial charge in [-0.2, -0.15) is 0 Å². The number of carbonyl (C=O) groups excluding carboxylic acids is 1. The van der Waals surface area contributed by atoms with E-state index in [0.717, 1.165) is 42.0 Å². The number of rotatable bonds is 5. The van der Waals surface area contributed by atoms with E-state index >= 15 is 0 Å². The Morgan fingerprint density at radius 1 is 1.20 bits per heavy atom. The molecule has 25 heavy (non-hydrogen) atoms. The van der Waals surface area contributed by atoms with Crippen molar-refractivity contribution >= 4 is 28.5 Å². The fourth-order valence-electron chi connectivity index (χ4n) is 2.95. The van der Waals surface area contributed by atoms with E-state index in [-0.39, 0.29) is 11.9 Å². The molecule has 5 heteroatoms. The van der Waals surface area contributed by atoms with Crippen LogP contribution in [0.1, 0.15) is 27.5 Å². The summed E-state index contributed by atoms with van der Waals surface area (Å²) in [5, 5.41) is 3.22. The van der Waals surface area contributed by atoms with E-state index in [0.29, 0.717) is 5.56 Å². The van der Waals surface area contributed by atoms with Gasteiger partial charge in [-0.1, -0.05) is 35.9 Å². The van der Waals surface area contributed by atoms with Crippen molar-refractivity contribution in [2.75, 3.05) is 32.8 Å². The zero-order valence-electron chi connectivity index (χ0n) is 14.4. The van der Waals surface area contributed by atoms with E-state index in [1.54, 1.807) is 0 Å². The summed E-state index contributed by atoms with van der Waals surface area (Å²) in [6.07, 6.45) is 0. The maximum atomic E-state index is 12.7. The third kappa shape index (κ3) is 5.26. The molecule has 2 aromatic rings. The number of morpholine rings is 1. The van der Waals surface area contributed by atoms with E-state index in [9.17, 15) is 4.79 Å². The first-order valence-corrected chi connectivity index (χ1v) is 9.63. The van der Waals surface area contributed by atoms with Gasteiger partial charge in [0.1, 0.15) is 0 Å². The zero-order chi connectivity index (χ0) is 17.6. The lowest BCUT2D eigenvalue weighted by molar-refractivity contribution is 0.0332. The van der Waals surface area contributed by atoms with Crippen molar-refractivity contribution in [1.29, 1.82) is 0 Å². The lowest BCUT2D eigenvalue weighted by Crippen LogP contribution is -2.43. The summed E-state index contributed by atoms with van der Waals surface area (Å²) in [5.41, 5.74) is 3.06. The number of halogens is 1. The number of nitrogens with zero attached hydrogens (tertiary/aromatic N) is 1. The topological polar surface area (TPSA) is 41.6 Å². The third-order valence-electron chi connectivity index (χ3n) is 4.42. The van der Waals surface area contributed by atoms with Crippen molar-refractivity contribution < 1.29 is 9.53 Å². The molecule has 1 heterocycles. The molecule has 1 aliphatic rings. The number of hydrogen-bond acceptors (Lipinski definition) is 3. The molecule has 0 aromatic heterocycles. The normalized spacial score (nSPS) is 16.4. The molecule has 3 rings (SSSR count). The molecule has 0 bridgehead atoms. The molecule has 1 N–H and O–H groups in total. The highest BCUT2D eigenvalue weighted by Gasteiger charge is 2.20. The number of nitrogens with one attached hydrogen (secondary N) is 1. The third-order valence-corrected chi connectivity index (χ3v) is 5.09. The van der Waals surface area contributed by atoms with Crippen LogP contribution in [0, 0.1) is 10.5 Å². The second-order valence-electron chi connectivity index (χ2n) is 6.36. The zero-order valence-corrected chi connectivity index (χ0v) is 16.5. The minimum Gasteiger partial charge on any atom is -0.379 e. The van der Waals surface area contributed by atoms with Crippen molar-refractivity contribution in [3.8, 4) is 0 Å². The Kier molecular flexibility index (Phi) is 6.45. The van der Waals surface area contributed by atoms with Gasteiger partial charge in [-0.05, 0) is 53.3 Å². The van der Waals surface area contributed by atoms with Crippen molar-refractivity contribution in [2.24, 2.45) is 0 Å². The monoisotopic (exact) mass is 450 g/mol. The van der Waals surface area contributed by atoms with E-state index < -0.39 is 0 Å². The molecule has 0 aliphatic carbocycles. The van der Waals surface area contributed by atoms with Crippen molar-refractivity contribution in [1.82, 2.24) is 10.2 Å². The van der Waals surface area contributed by atoms with Crippen LogP contribution >= 0.6 is 22.6 Å². The van der Waals surface area contributed by atoms with Crippen molar-refractivity contribution in [3.05, 3.63) is 68.8 Å². The van der Waals surface area contributed by atoms with E-state index in [4.69, 9.17) is 4.74 Å². The molecule has 132 valence electrons. The predicted molar refractivity (Wildman–Crippen MR) is 108 cm³/mol. The Morgan fingerprint density at radius 3 is 2.60 bits per heavy atom. The molecule has 2 aromatic carbocycles. The Morgan fingerprint density at radius 2 is 1.92 bits per heavy atom. The molecule has 1 saturated heterocycles. The van der Waals surface area contributed by atoms with Gasteiger partial charge in [0.2, 0.25) is 0 Å². The summed E-state index contributed by atoms with van der Waals surface area (Å²) in [7, 11) is 0. The molecule has 1 unspecified atom stereocenters. The highest BCUT2D eigenvalue weighted by molar-refractivity contribution is 14.1. The molecule has 0 saturated carbocycles. The standard InChI is InChI=1S/C20H23IN2O2/c1-15-5-7-16(8-6-15)19(14-23-9-11-25-12-10-23)22-20(24)17-3-2-4-18(21)13-17/h2-8,13,19H,9-12,14H2,1H3,(H,22,24). The Hall–Kier alpha value is -1.44. The number of amides is 1. The molecular formula is C20H23IN2O2. The fourth-order valence-corrected chi connectivity index (χ4v) is 3.49. The second-order valence-corrected chi connectivity index (χ2v) is 7.61. The number of carbonyl (C=O) groups is 1. The van der Waals surface area contributed by atoms with Gasteiger partial charge < -0.3 is 10.1 Å². The van der Waals surface area contributed by atoms with Crippen LogP contribution in [0.4, 0.5) is 0 Å². The minimum atomic E-state index is -0.0379. The summed E-state index contributed by atoms with van der Waals surface area (Å²) in [4.78, 5) is 15.1. The summed E-state index contributed by atoms with van der Waals surface area (Å²) in [5.74, 6) is -0.0302. The van der Waals surface area contributed by atoms with Gasteiger partial charge in [-0.15, -0.1) is 0 Å². The first-order chi connectivity index (χ1) is 12.1. The fraction of sp³-hybridized carbons (Fsp3) is 0.350. The van der Waals surface area contributed by atoms with Crippen LogP contribution in [0.2, 0.25) is 0 Å². The Bertz CT molecular complexity index is 712. The molecule has 1 aliphatic heterocycles. The molecule has 0 radical (unpaired) electrons. The van der Waals surface area contributed by atoms with Crippen molar-refractivity contribution in [2.45, 2.75) is 13.0 Å². The average molecular weight is 450 g/mol. The van der Waals surface area contributed by atoms with Gasteiger partial charge in [0.25, 0.3) is 5.91 Å². The minimum absolute atomic E-state index is 0.0302. The largest absolute Gasteiger partial charge is 0.379 e. The second kappa shape index (κ2) is 8.78. The maximum absolute atomic E-state index is 12.7. The Labute approximate surface area is 162 Å². The first kappa shape index (κ1) is 18.4. The van der Waals surface area contributed by atoms with E-state index in [1.807, 2.05) is 24.3 Å². The number of benzene rings is 2. The molecule has 1 fully saturated rings. The molecule has 0 spiro atoms. The SMILES string of the molecule is Cc1ccc(C(CN2CCOCC2)NC(=O)c2cccc(I)c2)cc1. The number of aryl methyl sites for hydroxylation is 1. The highest BCUT2D eigenvalue weighted by Crippen LogP contribution is 2.18. The number of hydrogen-bond donors (Lipinski definition) is 1. The summed E-state index contributed by atoms with van der Waals surface area (Å²) < 4.78 is 6.50. The maximum Gasteiger partial charge on any atom is 0.251 e. The summed E-state index contributed by atoms with van der Waals surface area (Å²) in [6.45, 7) is 6.19. The van der Waals surface area contributed by atoms with Gasteiger partial charge in [-0.3, -0.25) is 9.69 Å². The van der Waals surface area contributed by atoms with Crippen molar-refractivity contribution in [3.63, 3.8) is 0 Å². The molecule has 1 atom stereocenters. The lowest BCUT2D eigenvalue weighted by atomic mass is 10.0. The first-order valence-electron chi connectivity index (χ1n) is 8.55. The molecular weight excluding hydrogens is 427 g/mol. The number of ether oxygens (including phenoxy) is 1. The lowest BCUT2D eigenvalue weighted by Gasteiger charge is -2.31. The van der Waals surface area contributed by atoms with Gasteiger partial charge in [-0.25, -0.2) is 0 Å². The van der Waals surface area contributed by atoms with Crippen LogP contribution in [-0.2, 0) is 4.74 Å². The van der Waals surface area contributed by atoms with Crippen LogP contribution in [0.3, 0.4) is 0 Å². The van der Waals surface area contributed by atoms with Gasteiger partial charge in [0.15, 0.2) is 0 Å². The smallest absolute Gasteiger partial charge is 0.251 e. The van der Waals surface area contributed by atoms with Gasteiger partial charge in [0, 0.05) is 28.8 Å². The van der Waals surface area contributed by atoms with Crippen LogP contribution in [-0.4, -0.2) is 43.7 Å². The Balaban J connectivity index is 1.77. The average Bonchev–Trinajstić information content (AvgIpc) is 2.62. The summed E-state index contributed by atoms with van der Waals surface area (Å²) in [6, 6.07) is 16.0. The van der Waals surface area contributed by atoms with Crippen LogP contribution in [0.5, 0.6) is 0 Å². The van der Waals surface area contributed by atoms with Gasteiger partial charge in [0.05, 0.1) is 19.3 Å². The quantitative estimate of drug-likeness (QED) is 0.711. The van der Waals surface area contributed by atoms with Crippen LogP contribution in [0.15, 0.2) is 48.5 Å². The highest BCUT2D eigenvalue weighted by atomic mass is 127. The molecule has 4 nitrogen and oxygen atoms in total. The van der Waals surface area contributed by atoms with Crippen LogP contribution < -0.4 is 5.32 Å². The van der Waals surface area contributed by atoms with E-state index in [2.05, 4.69) is 64.0 Å².